The van der Waals surface area contributed by atoms with E-state index in [0.29, 0.717) is 22.6 Å². The Labute approximate surface area is 203 Å². The van der Waals surface area contributed by atoms with Crippen LogP contribution < -0.4 is 10.6 Å². The van der Waals surface area contributed by atoms with E-state index in [1.54, 1.807) is 41.2 Å². The number of hydrogen-bond acceptors (Lipinski definition) is 4. The summed E-state index contributed by atoms with van der Waals surface area (Å²) in [6, 6.07) is 26.2. The highest BCUT2D eigenvalue weighted by Gasteiger charge is 2.15. The molecule has 3 aromatic carbocycles. The maximum atomic E-state index is 12.9. The van der Waals surface area contributed by atoms with Crippen molar-refractivity contribution in [3.8, 4) is 23.0 Å². The second kappa shape index (κ2) is 10.3. The summed E-state index contributed by atoms with van der Waals surface area (Å²) in [5, 5.41) is 19.9. The third-order valence-electron chi connectivity index (χ3n) is 5.22. The van der Waals surface area contributed by atoms with Gasteiger partial charge < -0.3 is 10.6 Å². The molecule has 35 heavy (non-hydrogen) atoms. The highest BCUT2D eigenvalue weighted by atomic mass is 16.2. The van der Waals surface area contributed by atoms with Gasteiger partial charge in [0.2, 0.25) is 5.91 Å². The Hall–Kier alpha value is -4.96. The fraction of sp³-hybridized carbons (Fsp3) is 0.0714. The molecule has 0 radical (unpaired) electrons. The van der Waals surface area contributed by atoms with Crippen LogP contribution in [0.25, 0.3) is 23.0 Å². The molecule has 0 spiro atoms. The zero-order valence-corrected chi connectivity index (χ0v) is 19.3. The van der Waals surface area contributed by atoms with Gasteiger partial charge in [-0.2, -0.15) is 10.4 Å². The molecule has 7 nitrogen and oxygen atoms in total. The standard InChI is InChI=1S/C28H23N5O2/c1-19-8-10-21(11-9-19)27-23(18-33(32-27)26-6-4-3-5-7-26)16-22(17-29)28(35)31-25-14-12-24(13-15-25)30-20(2)34/h3-16,18H,1-2H3,(H,30,34)(H,31,35)/b22-16+. The van der Waals surface area contributed by atoms with E-state index in [9.17, 15) is 14.9 Å². The number of benzene rings is 3. The quantitative estimate of drug-likeness (QED) is 0.299. The van der Waals surface area contributed by atoms with Gasteiger partial charge in [-0.3, -0.25) is 9.59 Å². The molecule has 1 heterocycles. The number of para-hydroxylation sites is 1. The first-order valence-electron chi connectivity index (χ1n) is 11.0. The number of anilines is 2. The maximum absolute atomic E-state index is 12.9. The molecule has 4 aromatic rings. The maximum Gasteiger partial charge on any atom is 0.266 e. The van der Waals surface area contributed by atoms with Crippen molar-refractivity contribution in [2.45, 2.75) is 13.8 Å². The zero-order valence-electron chi connectivity index (χ0n) is 19.3. The highest BCUT2D eigenvalue weighted by molar-refractivity contribution is 6.10. The SMILES string of the molecule is CC(=O)Nc1ccc(NC(=O)/C(C#N)=C/c2cn(-c3ccccc3)nc2-c2ccc(C)cc2)cc1. The molecule has 0 aliphatic rings. The van der Waals surface area contributed by atoms with Crippen LogP contribution in [0.4, 0.5) is 11.4 Å². The molecule has 0 fully saturated rings. The van der Waals surface area contributed by atoms with Gasteiger partial charge >= 0.3 is 0 Å². The van der Waals surface area contributed by atoms with Crippen LogP contribution in [-0.4, -0.2) is 21.6 Å². The van der Waals surface area contributed by atoms with Crippen molar-refractivity contribution < 1.29 is 9.59 Å². The van der Waals surface area contributed by atoms with Crippen molar-refractivity contribution in [2.75, 3.05) is 10.6 Å². The average molecular weight is 462 g/mol. The minimum absolute atomic E-state index is 0.0584. The van der Waals surface area contributed by atoms with Gasteiger partial charge in [0.05, 0.1) is 11.4 Å². The van der Waals surface area contributed by atoms with Crippen LogP contribution in [-0.2, 0) is 9.59 Å². The molecule has 0 bridgehead atoms. The summed E-state index contributed by atoms with van der Waals surface area (Å²) < 4.78 is 1.73. The first-order valence-corrected chi connectivity index (χ1v) is 11.0. The lowest BCUT2D eigenvalue weighted by molar-refractivity contribution is -0.114. The average Bonchev–Trinajstić information content (AvgIpc) is 3.28. The number of aromatic nitrogens is 2. The van der Waals surface area contributed by atoms with Gasteiger partial charge in [0, 0.05) is 35.6 Å². The topological polar surface area (TPSA) is 99.8 Å². The van der Waals surface area contributed by atoms with Gasteiger partial charge in [-0.1, -0.05) is 48.0 Å². The van der Waals surface area contributed by atoms with E-state index in [1.165, 1.54) is 6.92 Å². The van der Waals surface area contributed by atoms with Crippen LogP contribution in [0.1, 0.15) is 18.1 Å². The molecular weight excluding hydrogens is 438 g/mol. The minimum atomic E-state index is -0.540. The van der Waals surface area contributed by atoms with Crippen LogP contribution in [0.2, 0.25) is 0 Å². The molecule has 1 aromatic heterocycles. The van der Waals surface area contributed by atoms with Gasteiger partial charge in [0.1, 0.15) is 11.6 Å². The van der Waals surface area contributed by atoms with Gasteiger partial charge in [-0.25, -0.2) is 4.68 Å². The first kappa shape index (κ1) is 23.2. The van der Waals surface area contributed by atoms with E-state index < -0.39 is 5.91 Å². The number of carbonyl (C=O) groups is 2. The van der Waals surface area contributed by atoms with Gasteiger partial charge in [-0.05, 0) is 49.4 Å². The predicted octanol–water partition coefficient (Wildman–Crippen LogP) is 5.35. The van der Waals surface area contributed by atoms with Gasteiger partial charge in [0.25, 0.3) is 5.91 Å². The smallest absolute Gasteiger partial charge is 0.266 e. The third-order valence-corrected chi connectivity index (χ3v) is 5.22. The molecule has 0 unspecified atom stereocenters. The van der Waals surface area contributed by atoms with Crippen LogP contribution in [0.3, 0.4) is 0 Å². The lowest BCUT2D eigenvalue weighted by Gasteiger charge is -2.06. The fourth-order valence-electron chi connectivity index (χ4n) is 3.48. The largest absolute Gasteiger partial charge is 0.326 e. The molecule has 2 amide bonds. The number of rotatable bonds is 6. The summed E-state index contributed by atoms with van der Waals surface area (Å²) in [7, 11) is 0. The summed E-state index contributed by atoms with van der Waals surface area (Å²) in [5.74, 6) is -0.723. The summed E-state index contributed by atoms with van der Waals surface area (Å²) in [5.41, 5.74) is 5.23. The van der Waals surface area contributed by atoms with Crippen LogP contribution in [0, 0.1) is 18.3 Å². The summed E-state index contributed by atoms with van der Waals surface area (Å²) in [6.45, 7) is 3.43. The van der Waals surface area contributed by atoms with E-state index in [2.05, 4.69) is 10.6 Å². The molecule has 7 heteroatoms. The second-order valence-corrected chi connectivity index (χ2v) is 7.96. The minimum Gasteiger partial charge on any atom is -0.326 e. The molecule has 4 rings (SSSR count). The molecule has 0 saturated carbocycles. The monoisotopic (exact) mass is 461 g/mol. The number of carbonyl (C=O) groups excluding carboxylic acids is 2. The lowest BCUT2D eigenvalue weighted by atomic mass is 10.0. The van der Waals surface area contributed by atoms with Crippen molar-refractivity contribution in [3.05, 3.63) is 102 Å². The number of nitrogens with one attached hydrogen (secondary N) is 2. The predicted molar refractivity (Wildman–Crippen MR) is 137 cm³/mol. The zero-order chi connectivity index (χ0) is 24.8. The fourth-order valence-corrected chi connectivity index (χ4v) is 3.48. The molecule has 0 aliphatic carbocycles. The van der Waals surface area contributed by atoms with Crippen molar-refractivity contribution in [2.24, 2.45) is 0 Å². The number of aryl methyl sites for hydroxylation is 1. The Kier molecular flexibility index (Phi) is 6.84. The highest BCUT2D eigenvalue weighted by Crippen LogP contribution is 2.26. The van der Waals surface area contributed by atoms with Crippen LogP contribution in [0.15, 0.2) is 90.6 Å². The Balaban J connectivity index is 1.66. The van der Waals surface area contributed by atoms with Crippen molar-refractivity contribution >= 4 is 29.3 Å². The van der Waals surface area contributed by atoms with Gasteiger partial charge in [-0.15, -0.1) is 0 Å². The van der Waals surface area contributed by atoms with Crippen LogP contribution in [0.5, 0.6) is 0 Å². The Morgan fingerprint density at radius 2 is 1.54 bits per heavy atom. The molecule has 172 valence electrons. The molecule has 2 N–H and O–H groups in total. The summed E-state index contributed by atoms with van der Waals surface area (Å²) in [6.07, 6.45) is 3.35. The van der Waals surface area contributed by atoms with E-state index in [1.807, 2.05) is 67.6 Å². The van der Waals surface area contributed by atoms with E-state index in [-0.39, 0.29) is 11.5 Å². The van der Waals surface area contributed by atoms with Crippen LogP contribution >= 0.6 is 0 Å². The second-order valence-electron chi connectivity index (χ2n) is 7.96. The van der Waals surface area contributed by atoms with E-state index >= 15 is 0 Å². The van der Waals surface area contributed by atoms with Crippen molar-refractivity contribution in [3.63, 3.8) is 0 Å². The van der Waals surface area contributed by atoms with E-state index in [4.69, 9.17) is 5.10 Å². The normalized spacial score (nSPS) is 10.9. The van der Waals surface area contributed by atoms with Crippen molar-refractivity contribution in [1.29, 1.82) is 5.26 Å². The summed E-state index contributed by atoms with van der Waals surface area (Å²) >= 11 is 0. The molecule has 0 saturated heterocycles. The summed E-state index contributed by atoms with van der Waals surface area (Å²) in [4.78, 5) is 24.1. The Bertz CT molecular complexity index is 1430. The Morgan fingerprint density at radius 1 is 0.914 bits per heavy atom. The third kappa shape index (κ3) is 5.70. The molecular formula is C28H23N5O2. The van der Waals surface area contributed by atoms with E-state index in [0.717, 1.165) is 16.8 Å². The number of amides is 2. The number of nitrogens with zero attached hydrogens (tertiary/aromatic N) is 3. The number of hydrogen-bond donors (Lipinski definition) is 2. The number of nitriles is 1. The van der Waals surface area contributed by atoms with Gasteiger partial charge in [0.15, 0.2) is 0 Å². The Morgan fingerprint density at radius 3 is 2.14 bits per heavy atom. The molecule has 0 aliphatic heterocycles. The molecule has 0 atom stereocenters. The lowest BCUT2D eigenvalue weighted by Crippen LogP contribution is -2.13. The van der Waals surface area contributed by atoms with Crippen molar-refractivity contribution in [1.82, 2.24) is 9.78 Å². The first-order chi connectivity index (χ1) is 16.9.